The van der Waals surface area contributed by atoms with E-state index in [-0.39, 0.29) is 5.97 Å². The number of carbonyl (C=O) groups is 1. The van der Waals surface area contributed by atoms with Crippen molar-refractivity contribution in [1.29, 1.82) is 0 Å². The smallest absolute Gasteiger partial charge is 0.357 e. The van der Waals surface area contributed by atoms with Gasteiger partial charge in [-0.15, -0.1) is 23.7 Å². The summed E-state index contributed by atoms with van der Waals surface area (Å²) in [5.41, 5.74) is 0.356. The molecule has 0 fully saturated rings. The van der Waals surface area contributed by atoms with Crippen LogP contribution in [0.15, 0.2) is 5.38 Å². The fraction of sp³-hybridized carbons (Fsp3) is 0.455. The zero-order chi connectivity index (χ0) is 12.0. The van der Waals surface area contributed by atoms with Crippen LogP contribution in [0.5, 0.6) is 0 Å². The Hall–Kier alpha value is -1.54. The molecule has 0 saturated carbocycles. The number of esters is 1. The van der Waals surface area contributed by atoms with Crippen molar-refractivity contribution in [3.05, 3.63) is 11.1 Å². The highest BCUT2D eigenvalue weighted by Gasteiger charge is 2.13. The van der Waals surface area contributed by atoms with Gasteiger partial charge >= 0.3 is 5.97 Å². The number of carbonyl (C=O) groups excluding carboxylic acids is 1. The van der Waals surface area contributed by atoms with Gasteiger partial charge in [-0.3, -0.25) is 0 Å². The number of anilines is 1. The van der Waals surface area contributed by atoms with Crippen LogP contribution in [-0.4, -0.2) is 31.2 Å². The van der Waals surface area contributed by atoms with Crippen LogP contribution in [0.1, 0.15) is 23.8 Å². The summed E-state index contributed by atoms with van der Waals surface area (Å²) in [5, 5.41) is 2.47. The molecule has 0 spiro atoms. The number of nitrogens with zero attached hydrogens (tertiary/aromatic N) is 2. The maximum absolute atomic E-state index is 11.4. The number of rotatable bonds is 5. The van der Waals surface area contributed by atoms with Crippen molar-refractivity contribution in [2.75, 3.05) is 25.1 Å². The number of hydrogen-bond donors (Lipinski definition) is 0. The molecule has 0 aliphatic heterocycles. The lowest BCUT2D eigenvalue weighted by molar-refractivity contribution is 0.0520. The summed E-state index contributed by atoms with van der Waals surface area (Å²) in [7, 11) is 1.89. The van der Waals surface area contributed by atoms with E-state index < -0.39 is 0 Å². The molecule has 0 amide bonds. The second-order valence-corrected chi connectivity index (χ2v) is 3.95. The lowest BCUT2D eigenvalue weighted by Gasteiger charge is -2.12. The van der Waals surface area contributed by atoms with Crippen LogP contribution in [-0.2, 0) is 4.74 Å². The molecule has 1 heterocycles. The zero-order valence-corrected chi connectivity index (χ0v) is 10.2. The van der Waals surface area contributed by atoms with Crippen molar-refractivity contribution in [2.24, 2.45) is 0 Å². The number of terminal acetylenes is 1. The van der Waals surface area contributed by atoms with Crippen LogP contribution >= 0.6 is 11.3 Å². The molecule has 0 aliphatic rings. The van der Waals surface area contributed by atoms with E-state index in [1.807, 2.05) is 11.9 Å². The predicted molar refractivity (Wildman–Crippen MR) is 64.8 cm³/mol. The van der Waals surface area contributed by atoms with Gasteiger partial charge in [0.25, 0.3) is 0 Å². The average Bonchev–Trinajstić information content (AvgIpc) is 2.75. The molecule has 86 valence electrons. The van der Waals surface area contributed by atoms with E-state index in [1.54, 1.807) is 12.3 Å². The summed E-state index contributed by atoms with van der Waals surface area (Å²) < 4.78 is 4.86. The van der Waals surface area contributed by atoms with Crippen LogP contribution in [0.4, 0.5) is 5.13 Å². The summed E-state index contributed by atoms with van der Waals surface area (Å²) in [6, 6.07) is 0. The molecule has 1 rings (SSSR count). The van der Waals surface area contributed by atoms with Gasteiger partial charge in [0, 0.05) is 25.4 Å². The standard InChI is InChI=1S/C11H14N2O2S/c1-4-6-7-13(3)11-12-9(8-16-11)10(14)15-5-2/h1,8H,5-7H2,2-3H3. The monoisotopic (exact) mass is 238 g/mol. The molecule has 1 aromatic heterocycles. The molecule has 0 bridgehead atoms. The Morgan fingerprint density at radius 2 is 2.50 bits per heavy atom. The van der Waals surface area contributed by atoms with Crippen molar-refractivity contribution in [3.63, 3.8) is 0 Å². The van der Waals surface area contributed by atoms with Crippen molar-refractivity contribution in [1.82, 2.24) is 4.98 Å². The molecule has 16 heavy (non-hydrogen) atoms. The van der Waals surface area contributed by atoms with E-state index >= 15 is 0 Å². The van der Waals surface area contributed by atoms with Crippen LogP contribution in [0.2, 0.25) is 0 Å². The maximum atomic E-state index is 11.4. The average molecular weight is 238 g/mol. The second kappa shape index (κ2) is 6.13. The van der Waals surface area contributed by atoms with Gasteiger partial charge in [-0.2, -0.15) is 0 Å². The Bertz CT molecular complexity index is 395. The highest BCUT2D eigenvalue weighted by molar-refractivity contribution is 7.13. The van der Waals surface area contributed by atoms with E-state index in [0.29, 0.717) is 18.7 Å². The van der Waals surface area contributed by atoms with Crippen LogP contribution < -0.4 is 4.90 Å². The Labute approximate surface area is 99.2 Å². The van der Waals surface area contributed by atoms with Crippen LogP contribution in [0.25, 0.3) is 0 Å². The quantitative estimate of drug-likeness (QED) is 0.579. The van der Waals surface area contributed by atoms with Gasteiger partial charge in [0.15, 0.2) is 10.8 Å². The second-order valence-electron chi connectivity index (χ2n) is 3.11. The summed E-state index contributed by atoms with van der Waals surface area (Å²) in [5.74, 6) is 2.18. The Balaban J connectivity index is 2.64. The zero-order valence-electron chi connectivity index (χ0n) is 9.40. The first-order valence-corrected chi connectivity index (χ1v) is 5.84. The number of hydrogen-bond acceptors (Lipinski definition) is 5. The number of aromatic nitrogens is 1. The predicted octanol–water partition coefficient (Wildman–Crippen LogP) is 1.78. The molecule has 0 unspecified atom stereocenters. The van der Waals surface area contributed by atoms with E-state index in [1.165, 1.54) is 11.3 Å². The highest BCUT2D eigenvalue weighted by Crippen LogP contribution is 2.19. The molecular formula is C11H14N2O2S. The van der Waals surface area contributed by atoms with E-state index in [2.05, 4.69) is 10.9 Å². The summed E-state index contributed by atoms with van der Waals surface area (Å²) in [4.78, 5) is 17.5. The Morgan fingerprint density at radius 1 is 1.75 bits per heavy atom. The van der Waals surface area contributed by atoms with E-state index in [9.17, 15) is 4.79 Å². The van der Waals surface area contributed by atoms with Crippen molar-refractivity contribution in [2.45, 2.75) is 13.3 Å². The Kier molecular flexibility index (Phi) is 4.80. The summed E-state index contributed by atoms with van der Waals surface area (Å²) >= 11 is 1.41. The van der Waals surface area contributed by atoms with Gasteiger partial charge in [0.05, 0.1) is 6.61 Å². The first kappa shape index (κ1) is 12.5. The fourth-order valence-corrected chi connectivity index (χ4v) is 1.85. The molecule has 0 aromatic carbocycles. The van der Waals surface area contributed by atoms with Crippen LogP contribution in [0, 0.1) is 12.3 Å². The minimum atomic E-state index is -0.379. The maximum Gasteiger partial charge on any atom is 0.357 e. The van der Waals surface area contributed by atoms with Gasteiger partial charge in [0.1, 0.15) is 0 Å². The van der Waals surface area contributed by atoms with Gasteiger partial charge in [-0.05, 0) is 6.92 Å². The van der Waals surface area contributed by atoms with Crippen molar-refractivity contribution in [3.8, 4) is 12.3 Å². The minimum absolute atomic E-state index is 0.356. The van der Waals surface area contributed by atoms with Crippen molar-refractivity contribution < 1.29 is 9.53 Å². The molecule has 4 nitrogen and oxygen atoms in total. The third kappa shape index (κ3) is 3.24. The van der Waals surface area contributed by atoms with Crippen LogP contribution in [0.3, 0.4) is 0 Å². The minimum Gasteiger partial charge on any atom is -0.461 e. The molecule has 0 radical (unpaired) electrons. The topological polar surface area (TPSA) is 42.4 Å². The number of ether oxygens (including phenoxy) is 1. The van der Waals surface area contributed by atoms with Gasteiger partial charge in [-0.1, -0.05) is 0 Å². The first-order valence-electron chi connectivity index (χ1n) is 4.96. The molecule has 5 heteroatoms. The third-order valence-electron chi connectivity index (χ3n) is 1.89. The van der Waals surface area contributed by atoms with Gasteiger partial charge in [-0.25, -0.2) is 9.78 Å². The van der Waals surface area contributed by atoms with E-state index in [0.717, 1.165) is 11.7 Å². The lowest BCUT2D eigenvalue weighted by atomic mass is 10.4. The molecule has 0 aliphatic carbocycles. The van der Waals surface area contributed by atoms with Gasteiger partial charge < -0.3 is 9.64 Å². The first-order chi connectivity index (χ1) is 7.69. The molecular weight excluding hydrogens is 224 g/mol. The summed E-state index contributed by atoms with van der Waals surface area (Å²) in [6.07, 6.45) is 5.84. The highest BCUT2D eigenvalue weighted by atomic mass is 32.1. The molecule has 1 aromatic rings. The lowest BCUT2D eigenvalue weighted by Crippen LogP contribution is -2.18. The summed E-state index contributed by atoms with van der Waals surface area (Å²) in [6.45, 7) is 2.86. The van der Waals surface area contributed by atoms with Crippen molar-refractivity contribution >= 4 is 22.4 Å². The molecule has 0 atom stereocenters. The number of thiazole rings is 1. The normalized spacial score (nSPS) is 9.56. The molecule has 0 saturated heterocycles. The van der Waals surface area contributed by atoms with E-state index in [4.69, 9.17) is 11.2 Å². The fourth-order valence-electron chi connectivity index (χ4n) is 1.07. The largest absolute Gasteiger partial charge is 0.461 e. The molecule has 0 N–H and O–H groups in total. The SMILES string of the molecule is C#CCCN(C)c1nc(C(=O)OCC)cs1. The third-order valence-corrected chi connectivity index (χ3v) is 2.85. The van der Waals surface area contributed by atoms with Gasteiger partial charge in [0.2, 0.25) is 0 Å². The Morgan fingerprint density at radius 3 is 3.12 bits per heavy atom.